The fourth-order valence-corrected chi connectivity index (χ4v) is 5.81. The Kier molecular flexibility index (Phi) is 7.37. The van der Waals surface area contributed by atoms with Gasteiger partial charge in [-0.2, -0.15) is 0 Å². The highest BCUT2D eigenvalue weighted by molar-refractivity contribution is 5.99. The number of ether oxygens (including phenoxy) is 1. The lowest BCUT2D eigenvalue weighted by Crippen LogP contribution is -2.43. The Labute approximate surface area is 237 Å². The quantitative estimate of drug-likeness (QED) is 0.213. The number of carbonyl (C=O) groups is 2. The SMILES string of the molecule is COC(=O)[C@H](Cc1c[nH]c2ccc(O)cc12)NC(=O)c1ccc2nc(-c3ccccc3)c(C3CCCCC3)nc2c1. The number of amides is 1. The summed E-state index contributed by atoms with van der Waals surface area (Å²) in [6, 6.07) is 19.5. The number of methoxy groups -OCH3 is 1. The Balaban J connectivity index is 1.31. The van der Waals surface area contributed by atoms with E-state index in [-0.39, 0.29) is 12.2 Å². The number of H-pyrrole nitrogens is 1. The number of phenols is 1. The van der Waals surface area contributed by atoms with Gasteiger partial charge in [-0.05, 0) is 54.8 Å². The van der Waals surface area contributed by atoms with Gasteiger partial charge in [0.05, 0.1) is 29.5 Å². The van der Waals surface area contributed by atoms with Crippen LogP contribution in [-0.4, -0.2) is 45.1 Å². The van der Waals surface area contributed by atoms with Crippen LogP contribution < -0.4 is 5.32 Å². The molecule has 8 heteroatoms. The maximum Gasteiger partial charge on any atom is 0.328 e. The molecule has 5 aromatic rings. The van der Waals surface area contributed by atoms with Crippen molar-refractivity contribution in [1.82, 2.24) is 20.3 Å². The minimum atomic E-state index is -0.922. The van der Waals surface area contributed by atoms with Crippen molar-refractivity contribution in [2.45, 2.75) is 50.5 Å². The number of hydrogen-bond donors (Lipinski definition) is 3. The summed E-state index contributed by atoms with van der Waals surface area (Å²) < 4.78 is 5.01. The fourth-order valence-electron chi connectivity index (χ4n) is 5.81. The number of rotatable bonds is 7. The largest absolute Gasteiger partial charge is 0.508 e. The van der Waals surface area contributed by atoms with Crippen molar-refractivity contribution in [2.24, 2.45) is 0 Å². The van der Waals surface area contributed by atoms with Crippen molar-refractivity contribution in [3.05, 3.63) is 89.7 Å². The minimum Gasteiger partial charge on any atom is -0.508 e. The number of esters is 1. The van der Waals surface area contributed by atoms with E-state index in [1.54, 1.807) is 36.5 Å². The molecule has 1 atom stereocenters. The molecule has 1 amide bonds. The molecule has 1 fully saturated rings. The number of aromatic hydroxyl groups is 1. The molecule has 0 radical (unpaired) electrons. The van der Waals surface area contributed by atoms with Crippen LogP contribution in [0.3, 0.4) is 0 Å². The standard InChI is InChI=1S/C33H32N4O4/c1-41-33(40)29(17-23-19-34-26-15-13-24(38)18-25(23)26)37-32(39)22-12-14-27-28(16-22)36-31(21-10-6-3-7-11-21)30(35-27)20-8-4-2-5-9-20/h2,4-5,8-9,12-16,18-19,21,29,34,38H,3,6-7,10-11,17H2,1H3,(H,37,39)/t29-/m0/s1. The van der Waals surface area contributed by atoms with Gasteiger partial charge in [0.1, 0.15) is 11.8 Å². The van der Waals surface area contributed by atoms with Crippen LogP contribution >= 0.6 is 0 Å². The molecule has 0 saturated heterocycles. The topological polar surface area (TPSA) is 117 Å². The maximum absolute atomic E-state index is 13.4. The van der Waals surface area contributed by atoms with Crippen LogP contribution in [0.5, 0.6) is 5.75 Å². The van der Waals surface area contributed by atoms with Gasteiger partial charge in [0.25, 0.3) is 5.91 Å². The zero-order valence-electron chi connectivity index (χ0n) is 22.9. The van der Waals surface area contributed by atoms with E-state index in [4.69, 9.17) is 14.7 Å². The molecule has 8 nitrogen and oxygen atoms in total. The molecule has 6 rings (SSSR count). The molecule has 41 heavy (non-hydrogen) atoms. The number of phenolic OH excluding ortho intramolecular Hbond substituents is 1. The van der Waals surface area contributed by atoms with Crippen LogP contribution in [-0.2, 0) is 16.0 Å². The lowest BCUT2D eigenvalue weighted by molar-refractivity contribution is -0.142. The number of hydrogen-bond acceptors (Lipinski definition) is 6. The van der Waals surface area contributed by atoms with E-state index in [2.05, 4.69) is 22.4 Å². The highest BCUT2D eigenvalue weighted by Gasteiger charge is 2.26. The Morgan fingerprint density at radius 2 is 1.80 bits per heavy atom. The molecule has 2 heterocycles. The smallest absolute Gasteiger partial charge is 0.328 e. The molecule has 2 aromatic heterocycles. The number of aromatic nitrogens is 3. The van der Waals surface area contributed by atoms with Crippen molar-refractivity contribution in [3.8, 4) is 17.0 Å². The lowest BCUT2D eigenvalue weighted by Gasteiger charge is -2.23. The van der Waals surface area contributed by atoms with E-state index in [1.165, 1.54) is 26.4 Å². The summed E-state index contributed by atoms with van der Waals surface area (Å²) in [6.07, 6.45) is 7.71. The third-order valence-corrected chi connectivity index (χ3v) is 7.96. The maximum atomic E-state index is 13.4. The number of benzene rings is 3. The van der Waals surface area contributed by atoms with E-state index in [0.717, 1.165) is 46.3 Å². The highest BCUT2D eigenvalue weighted by atomic mass is 16.5. The van der Waals surface area contributed by atoms with Gasteiger partial charge in [0.2, 0.25) is 0 Å². The number of nitrogens with zero attached hydrogens (tertiary/aromatic N) is 2. The molecule has 1 aliphatic carbocycles. The Morgan fingerprint density at radius 3 is 2.59 bits per heavy atom. The van der Waals surface area contributed by atoms with Crippen molar-refractivity contribution < 1.29 is 19.4 Å². The molecule has 1 aliphatic rings. The molecule has 3 aromatic carbocycles. The number of carbonyl (C=O) groups excluding carboxylic acids is 2. The second-order valence-electron chi connectivity index (χ2n) is 10.7. The van der Waals surface area contributed by atoms with E-state index in [0.29, 0.717) is 22.5 Å². The Hall–Kier alpha value is -4.72. The summed E-state index contributed by atoms with van der Waals surface area (Å²) in [5.41, 5.74) is 6.28. The monoisotopic (exact) mass is 548 g/mol. The minimum absolute atomic E-state index is 0.122. The molecule has 3 N–H and O–H groups in total. The summed E-state index contributed by atoms with van der Waals surface area (Å²) in [5.74, 6) is -0.511. The van der Waals surface area contributed by atoms with Gasteiger partial charge in [0.15, 0.2) is 0 Å². The zero-order chi connectivity index (χ0) is 28.3. The average molecular weight is 549 g/mol. The predicted molar refractivity (Wildman–Crippen MR) is 158 cm³/mol. The van der Waals surface area contributed by atoms with Crippen molar-refractivity contribution in [1.29, 1.82) is 0 Å². The van der Waals surface area contributed by atoms with E-state index in [9.17, 15) is 14.7 Å². The predicted octanol–water partition coefficient (Wildman–Crippen LogP) is 6.05. The van der Waals surface area contributed by atoms with Crippen LogP contribution in [0.2, 0.25) is 0 Å². The second-order valence-corrected chi connectivity index (χ2v) is 10.7. The third kappa shape index (κ3) is 5.50. The summed E-state index contributed by atoms with van der Waals surface area (Å²) in [7, 11) is 1.30. The lowest BCUT2D eigenvalue weighted by atomic mass is 9.85. The van der Waals surface area contributed by atoms with Gasteiger partial charge < -0.3 is 20.1 Å². The number of fused-ring (bicyclic) bond motifs is 2. The zero-order valence-corrected chi connectivity index (χ0v) is 22.9. The van der Waals surface area contributed by atoms with Gasteiger partial charge in [0, 0.05) is 40.6 Å². The van der Waals surface area contributed by atoms with E-state index in [1.807, 2.05) is 24.3 Å². The first-order valence-corrected chi connectivity index (χ1v) is 14.0. The van der Waals surface area contributed by atoms with Crippen LogP contribution in [0.15, 0.2) is 72.9 Å². The first-order chi connectivity index (χ1) is 20.0. The summed E-state index contributed by atoms with van der Waals surface area (Å²) in [6.45, 7) is 0. The second kappa shape index (κ2) is 11.4. The van der Waals surface area contributed by atoms with Crippen molar-refractivity contribution >= 4 is 33.8 Å². The molecule has 0 spiro atoms. The molecule has 0 aliphatic heterocycles. The van der Waals surface area contributed by atoms with Gasteiger partial charge in [-0.3, -0.25) is 4.79 Å². The summed E-state index contributed by atoms with van der Waals surface area (Å²) >= 11 is 0. The number of aromatic amines is 1. The molecule has 0 unspecified atom stereocenters. The van der Waals surface area contributed by atoms with Crippen molar-refractivity contribution in [3.63, 3.8) is 0 Å². The molecular formula is C33H32N4O4. The summed E-state index contributed by atoms with van der Waals surface area (Å²) in [4.78, 5) is 39.4. The van der Waals surface area contributed by atoms with Gasteiger partial charge in [-0.15, -0.1) is 0 Å². The molecular weight excluding hydrogens is 516 g/mol. The van der Waals surface area contributed by atoms with Gasteiger partial charge in [-0.25, -0.2) is 14.8 Å². The van der Waals surface area contributed by atoms with Crippen LogP contribution in [0, 0.1) is 0 Å². The van der Waals surface area contributed by atoms with Crippen LogP contribution in [0.1, 0.15) is 59.6 Å². The molecule has 1 saturated carbocycles. The Bertz CT molecular complexity index is 1720. The van der Waals surface area contributed by atoms with Crippen LogP contribution in [0.4, 0.5) is 0 Å². The third-order valence-electron chi connectivity index (χ3n) is 7.96. The highest BCUT2D eigenvalue weighted by Crippen LogP contribution is 2.37. The van der Waals surface area contributed by atoms with E-state index >= 15 is 0 Å². The van der Waals surface area contributed by atoms with Crippen LogP contribution in [0.25, 0.3) is 33.2 Å². The van der Waals surface area contributed by atoms with Crippen molar-refractivity contribution in [2.75, 3.05) is 7.11 Å². The van der Waals surface area contributed by atoms with Gasteiger partial charge in [-0.1, -0.05) is 49.6 Å². The van der Waals surface area contributed by atoms with Gasteiger partial charge >= 0.3 is 5.97 Å². The molecule has 208 valence electrons. The average Bonchev–Trinajstić information content (AvgIpc) is 3.41. The first kappa shape index (κ1) is 26.5. The normalized spacial score (nSPS) is 14.7. The van der Waals surface area contributed by atoms with E-state index < -0.39 is 17.9 Å². The number of nitrogens with one attached hydrogen (secondary N) is 2. The molecule has 0 bridgehead atoms. The fraction of sp³-hybridized carbons (Fsp3) is 0.273. The first-order valence-electron chi connectivity index (χ1n) is 14.0. The Morgan fingerprint density at radius 1 is 1.00 bits per heavy atom. The summed E-state index contributed by atoms with van der Waals surface area (Å²) in [5, 5.41) is 13.6.